The number of phosphoric acid groups is 2. The van der Waals surface area contributed by atoms with Gasteiger partial charge in [-0.3, -0.25) is 18.1 Å². The van der Waals surface area contributed by atoms with Gasteiger partial charge in [0.2, 0.25) is 0 Å². The predicted octanol–water partition coefficient (Wildman–Crippen LogP) is 2.48. The summed E-state index contributed by atoms with van der Waals surface area (Å²) in [6.45, 7) is 0. The summed E-state index contributed by atoms with van der Waals surface area (Å²) in [7, 11) is -6.97. The number of hydrogen-bond acceptors (Lipinski definition) is 9. The Morgan fingerprint density at radius 2 is 1.00 bits per heavy atom. The Labute approximate surface area is 93.5 Å². The first-order valence-corrected chi connectivity index (χ1v) is 7.66. The quantitative estimate of drug-likeness (QED) is 0.624. The highest BCUT2D eigenvalue weighted by atomic mass is 31.3. The molecule has 0 fully saturated rings. The molecule has 0 aromatic carbocycles. The fourth-order valence-electron chi connectivity index (χ4n) is 0.461. The van der Waals surface area contributed by atoms with E-state index in [1.165, 1.54) is 0 Å². The average molecular weight is 297 g/mol. The van der Waals surface area contributed by atoms with Crippen LogP contribution in [0.2, 0.25) is 0 Å². The van der Waals surface area contributed by atoms with E-state index in [1.807, 2.05) is 0 Å². The fraction of sp³-hybridized carbons (Fsp3) is 1.00. The molecule has 0 saturated heterocycles. The summed E-state index contributed by atoms with van der Waals surface area (Å²) < 4.78 is 59.7. The number of hydrogen-bond donors (Lipinski definition) is 0. The Hall–Kier alpha value is 0.320. The maximum absolute atomic E-state index is 11.3. The SMILES string of the molecule is COP(=O)(OC)O[P+](=O)OP(=O)(OC)OC. The van der Waals surface area contributed by atoms with Crippen LogP contribution in [0.25, 0.3) is 0 Å². The average Bonchev–Trinajstić information content (AvgIpc) is 2.28. The number of rotatable bonds is 8. The third-order valence-electron chi connectivity index (χ3n) is 1.23. The molecule has 96 valence electrons. The zero-order chi connectivity index (χ0) is 12.8. The van der Waals surface area contributed by atoms with Crippen molar-refractivity contribution in [3.05, 3.63) is 0 Å². The fourth-order valence-corrected chi connectivity index (χ4v) is 3.52. The summed E-state index contributed by atoms with van der Waals surface area (Å²) in [5, 5.41) is 0. The maximum atomic E-state index is 11.3. The normalized spacial score (nSPS) is 12.8. The van der Waals surface area contributed by atoms with E-state index in [4.69, 9.17) is 0 Å². The van der Waals surface area contributed by atoms with E-state index in [2.05, 4.69) is 26.7 Å². The predicted molar refractivity (Wildman–Crippen MR) is 53.0 cm³/mol. The lowest BCUT2D eigenvalue weighted by Crippen LogP contribution is -1.92. The van der Waals surface area contributed by atoms with Gasteiger partial charge in [0.05, 0.1) is 0 Å². The van der Waals surface area contributed by atoms with Gasteiger partial charge in [-0.15, -0.1) is 0 Å². The van der Waals surface area contributed by atoms with E-state index in [9.17, 15) is 13.7 Å². The van der Waals surface area contributed by atoms with E-state index in [0.29, 0.717) is 0 Å². The minimum absolute atomic E-state index is 1.01. The molecule has 12 heteroatoms. The van der Waals surface area contributed by atoms with Crippen LogP contribution in [-0.4, -0.2) is 28.4 Å². The van der Waals surface area contributed by atoms with Crippen molar-refractivity contribution < 1.29 is 40.4 Å². The van der Waals surface area contributed by atoms with Crippen molar-refractivity contribution in [2.24, 2.45) is 0 Å². The van der Waals surface area contributed by atoms with Gasteiger partial charge in [0.25, 0.3) is 0 Å². The molecule has 0 radical (unpaired) electrons. The van der Waals surface area contributed by atoms with Crippen molar-refractivity contribution in [3.63, 3.8) is 0 Å². The van der Waals surface area contributed by atoms with Crippen LogP contribution in [0.4, 0.5) is 0 Å². The molecule has 0 bridgehead atoms. The van der Waals surface area contributed by atoms with E-state index in [0.717, 1.165) is 28.4 Å². The van der Waals surface area contributed by atoms with Crippen LogP contribution in [0.1, 0.15) is 0 Å². The number of phosphoric ester groups is 2. The smallest absolute Gasteiger partial charge is 0.288 e. The van der Waals surface area contributed by atoms with Crippen molar-refractivity contribution in [2.45, 2.75) is 0 Å². The standard InChI is InChI=1S/C4H12O9P3/c1-8-15(6,9-2)12-14(5)13-16(7,10-3)11-4/h1-4H3/q+1. The second kappa shape index (κ2) is 6.91. The largest absolute Gasteiger partial charge is 0.719 e. The minimum Gasteiger partial charge on any atom is -0.288 e. The first-order valence-electron chi connectivity index (χ1n) is 3.64. The van der Waals surface area contributed by atoms with Gasteiger partial charge < -0.3 is 0 Å². The van der Waals surface area contributed by atoms with Crippen LogP contribution in [0.5, 0.6) is 0 Å². The van der Waals surface area contributed by atoms with Gasteiger partial charge in [0.15, 0.2) is 0 Å². The van der Waals surface area contributed by atoms with E-state index < -0.39 is 23.9 Å². The first-order chi connectivity index (χ1) is 7.34. The lowest BCUT2D eigenvalue weighted by molar-refractivity contribution is 0.189. The third-order valence-corrected chi connectivity index (χ3v) is 5.68. The van der Waals surface area contributed by atoms with Crippen molar-refractivity contribution in [3.8, 4) is 0 Å². The molecule has 0 N–H and O–H groups in total. The molecule has 0 amide bonds. The Morgan fingerprint density at radius 3 is 1.19 bits per heavy atom. The molecule has 0 atom stereocenters. The molecule has 0 aliphatic heterocycles. The summed E-state index contributed by atoms with van der Waals surface area (Å²) in [6, 6.07) is 0. The third kappa shape index (κ3) is 5.10. The molecule has 0 heterocycles. The molecular formula is C4H12O9P3+. The minimum atomic E-state index is -3.99. The molecule has 16 heavy (non-hydrogen) atoms. The topological polar surface area (TPSA) is 107 Å². The van der Waals surface area contributed by atoms with Gasteiger partial charge >= 0.3 is 23.9 Å². The summed E-state index contributed by atoms with van der Waals surface area (Å²) in [5.41, 5.74) is 0. The maximum Gasteiger partial charge on any atom is 0.719 e. The van der Waals surface area contributed by atoms with Crippen molar-refractivity contribution in [1.29, 1.82) is 0 Å². The summed E-state index contributed by atoms with van der Waals surface area (Å²) >= 11 is 0. The van der Waals surface area contributed by atoms with Gasteiger partial charge in [-0.2, -0.15) is 0 Å². The molecule has 0 rings (SSSR count). The molecule has 0 spiro atoms. The van der Waals surface area contributed by atoms with Crippen molar-refractivity contribution in [1.82, 2.24) is 0 Å². The van der Waals surface area contributed by atoms with Crippen LogP contribution in [0, 0.1) is 0 Å². The highest BCUT2D eigenvalue weighted by Gasteiger charge is 2.46. The van der Waals surface area contributed by atoms with Crippen LogP contribution in [0.3, 0.4) is 0 Å². The van der Waals surface area contributed by atoms with Crippen molar-refractivity contribution in [2.75, 3.05) is 28.4 Å². The second-order valence-corrected chi connectivity index (χ2v) is 7.01. The molecule has 0 saturated carbocycles. The molecule has 0 aromatic rings. The van der Waals surface area contributed by atoms with Crippen molar-refractivity contribution >= 4 is 23.9 Å². The highest BCUT2D eigenvalue weighted by Crippen LogP contribution is 2.62. The summed E-state index contributed by atoms with van der Waals surface area (Å²) in [6.07, 6.45) is 0. The Kier molecular flexibility index (Phi) is 7.05. The summed E-state index contributed by atoms with van der Waals surface area (Å²) in [5.74, 6) is 0. The van der Waals surface area contributed by atoms with E-state index in [1.54, 1.807) is 0 Å². The van der Waals surface area contributed by atoms with E-state index >= 15 is 0 Å². The van der Waals surface area contributed by atoms with Gasteiger partial charge in [-0.05, 0) is 8.62 Å². The zero-order valence-electron chi connectivity index (χ0n) is 9.02. The van der Waals surface area contributed by atoms with Crippen LogP contribution < -0.4 is 0 Å². The lowest BCUT2D eigenvalue weighted by Gasteiger charge is -2.06. The van der Waals surface area contributed by atoms with Gasteiger partial charge in [-0.25, -0.2) is 9.13 Å². The molecule has 0 aliphatic carbocycles. The van der Waals surface area contributed by atoms with E-state index in [-0.39, 0.29) is 0 Å². The monoisotopic (exact) mass is 297 g/mol. The highest BCUT2D eigenvalue weighted by molar-refractivity contribution is 7.62. The van der Waals surface area contributed by atoms with Crippen LogP contribution in [-0.2, 0) is 40.4 Å². The Morgan fingerprint density at radius 1 is 0.750 bits per heavy atom. The molecule has 0 aromatic heterocycles. The van der Waals surface area contributed by atoms with Crippen LogP contribution >= 0.6 is 23.9 Å². The molecule has 0 unspecified atom stereocenters. The Bertz CT molecular complexity index is 281. The Balaban J connectivity index is 4.50. The van der Waals surface area contributed by atoms with Gasteiger partial charge in [-0.1, -0.05) is 0 Å². The second-order valence-electron chi connectivity index (χ2n) is 2.01. The zero-order valence-corrected chi connectivity index (χ0v) is 11.7. The lowest BCUT2D eigenvalue weighted by atomic mass is 11.8. The molecule has 0 aliphatic rings. The first kappa shape index (κ1) is 16.3. The summed E-state index contributed by atoms with van der Waals surface area (Å²) in [4.78, 5) is 0. The molecular weight excluding hydrogens is 285 g/mol. The van der Waals surface area contributed by atoms with Gasteiger partial charge in [0.1, 0.15) is 0 Å². The van der Waals surface area contributed by atoms with Gasteiger partial charge in [0, 0.05) is 33.0 Å². The molecule has 9 nitrogen and oxygen atoms in total. The van der Waals surface area contributed by atoms with Crippen LogP contribution in [0.15, 0.2) is 0 Å².